The Hall–Kier alpha value is -4.57. The number of hydrogen-bond donors (Lipinski definition) is 3. The number of anilines is 2. The Morgan fingerprint density at radius 1 is 1.08 bits per heavy atom. The van der Waals surface area contributed by atoms with Gasteiger partial charge in [-0.3, -0.25) is 5.41 Å². The first-order valence-electron chi connectivity index (χ1n) is 12.8. The maximum atomic E-state index is 13.4. The van der Waals surface area contributed by atoms with Gasteiger partial charge in [0.2, 0.25) is 5.96 Å². The van der Waals surface area contributed by atoms with Gasteiger partial charge in [0, 0.05) is 37.3 Å². The zero-order valence-electron chi connectivity index (χ0n) is 22.0. The van der Waals surface area contributed by atoms with Crippen LogP contribution in [0.4, 0.5) is 15.9 Å². The van der Waals surface area contributed by atoms with Crippen LogP contribution in [-0.4, -0.2) is 65.2 Å². The fourth-order valence-corrected chi connectivity index (χ4v) is 4.34. The molecule has 1 fully saturated rings. The molecule has 0 atom stereocenters. The highest BCUT2D eigenvalue weighted by Crippen LogP contribution is 2.28. The molecule has 0 bridgehead atoms. The largest absolute Gasteiger partial charge is 0.489 e. The molecule has 0 unspecified atom stereocenters. The van der Waals surface area contributed by atoms with Crippen LogP contribution in [0.25, 0.3) is 10.9 Å². The van der Waals surface area contributed by atoms with Crippen LogP contribution in [0.2, 0.25) is 0 Å². The van der Waals surface area contributed by atoms with Gasteiger partial charge in [0.1, 0.15) is 30.3 Å². The third-order valence-corrected chi connectivity index (χ3v) is 6.58. The highest BCUT2D eigenvalue weighted by molar-refractivity contribution is 5.95. The van der Waals surface area contributed by atoms with E-state index in [4.69, 9.17) is 10.1 Å². The second-order valence-electron chi connectivity index (χ2n) is 9.53. The maximum absolute atomic E-state index is 13.4. The molecule has 0 amide bonds. The normalized spacial score (nSPS) is 14.1. The van der Waals surface area contributed by atoms with Gasteiger partial charge in [0.25, 0.3) is 0 Å². The van der Waals surface area contributed by atoms with Crippen molar-refractivity contribution >= 4 is 34.6 Å². The number of rotatable bonds is 7. The Bertz CT molecular complexity index is 1500. The number of fused-ring (bicyclic) bond motifs is 1. The van der Waals surface area contributed by atoms with E-state index in [0.29, 0.717) is 11.8 Å². The molecule has 0 saturated carbocycles. The van der Waals surface area contributed by atoms with Crippen molar-refractivity contribution in [3.05, 3.63) is 89.5 Å². The summed E-state index contributed by atoms with van der Waals surface area (Å²) in [6.45, 7) is 5.72. The van der Waals surface area contributed by atoms with Crippen molar-refractivity contribution < 1.29 is 9.13 Å². The topological polar surface area (TPSA) is 102 Å². The van der Waals surface area contributed by atoms with E-state index >= 15 is 0 Å². The maximum Gasteiger partial charge on any atom is 0.212 e. The summed E-state index contributed by atoms with van der Waals surface area (Å²) < 4.78 is 19.4. The third kappa shape index (κ3) is 6.66. The molecule has 4 aromatic rings. The zero-order valence-corrected chi connectivity index (χ0v) is 22.0. The lowest BCUT2D eigenvalue weighted by Crippen LogP contribution is -2.50. The lowest BCUT2D eigenvalue weighted by Gasteiger charge is -2.33. The molecule has 3 N–H and O–H groups in total. The quantitative estimate of drug-likeness (QED) is 0.185. The number of hydrogen-bond acceptors (Lipinski definition) is 7. The van der Waals surface area contributed by atoms with Gasteiger partial charge in [0.05, 0.1) is 11.7 Å². The summed E-state index contributed by atoms with van der Waals surface area (Å²) in [5, 5.41) is 16.7. The standard InChI is InChI=1S/C29H31FN8O/c1-20-14-24(7-9-27(20)39-18-22-4-3-5-23(30)15-22)35-28-25-16-21(6-8-26(25)32-19-33-28)17-34-36-29(31)38-12-10-37(2)11-13-38/h3-9,14-17,19H,10-13,18H2,1-2H3,(H2,31,36)(H,32,33,35)/b34-17+. The van der Waals surface area contributed by atoms with Crippen molar-refractivity contribution in [1.29, 1.82) is 5.41 Å². The van der Waals surface area contributed by atoms with Gasteiger partial charge in [-0.25, -0.2) is 19.8 Å². The third-order valence-electron chi connectivity index (χ3n) is 6.58. The molecular weight excluding hydrogens is 495 g/mol. The molecule has 5 rings (SSSR count). The van der Waals surface area contributed by atoms with Crippen molar-refractivity contribution in [2.45, 2.75) is 13.5 Å². The van der Waals surface area contributed by atoms with Crippen LogP contribution >= 0.6 is 0 Å². The van der Waals surface area contributed by atoms with Crippen LogP contribution in [0.1, 0.15) is 16.7 Å². The van der Waals surface area contributed by atoms with Gasteiger partial charge in [-0.15, -0.1) is 0 Å². The van der Waals surface area contributed by atoms with Gasteiger partial charge in [0.15, 0.2) is 0 Å². The summed E-state index contributed by atoms with van der Waals surface area (Å²) >= 11 is 0. The summed E-state index contributed by atoms with van der Waals surface area (Å²) in [6, 6.07) is 18.0. The zero-order chi connectivity index (χ0) is 27.2. The first-order chi connectivity index (χ1) is 18.9. The molecule has 200 valence electrons. The van der Waals surface area contributed by atoms with E-state index in [9.17, 15) is 4.39 Å². The lowest BCUT2D eigenvalue weighted by atomic mass is 10.1. The minimum atomic E-state index is -0.278. The van der Waals surface area contributed by atoms with Gasteiger partial charge in [-0.05, 0) is 73.1 Å². The Labute approximate surface area is 226 Å². The van der Waals surface area contributed by atoms with Crippen LogP contribution in [0.15, 0.2) is 72.1 Å². The minimum Gasteiger partial charge on any atom is -0.489 e. The summed E-state index contributed by atoms with van der Waals surface area (Å²) in [5.74, 6) is 1.41. The molecule has 0 radical (unpaired) electrons. The van der Waals surface area contributed by atoms with Crippen molar-refractivity contribution in [2.75, 3.05) is 38.5 Å². The second kappa shape index (κ2) is 11.9. The summed E-state index contributed by atoms with van der Waals surface area (Å²) in [5.41, 5.74) is 7.06. The monoisotopic (exact) mass is 526 g/mol. The summed E-state index contributed by atoms with van der Waals surface area (Å²) in [4.78, 5) is 13.1. The van der Waals surface area contributed by atoms with Crippen LogP contribution in [0.5, 0.6) is 5.75 Å². The van der Waals surface area contributed by atoms with Gasteiger partial charge in [-0.1, -0.05) is 18.2 Å². The van der Waals surface area contributed by atoms with E-state index in [-0.39, 0.29) is 12.4 Å². The number of aromatic nitrogens is 2. The number of benzene rings is 3. The molecule has 39 heavy (non-hydrogen) atoms. The molecule has 1 aliphatic rings. The van der Waals surface area contributed by atoms with Gasteiger partial charge in [-0.2, -0.15) is 5.10 Å². The lowest BCUT2D eigenvalue weighted by molar-refractivity contribution is 0.211. The second-order valence-corrected chi connectivity index (χ2v) is 9.53. The molecule has 2 heterocycles. The number of nitrogens with zero attached hydrogens (tertiary/aromatic N) is 5. The Balaban J connectivity index is 1.25. The number of nitrogens with one attached hydrogen (secondary N) is 3. The van der Waals surface area contributed by atoms with Gasteiger partial charge < -0.3 is 19.9 Å². The SMILES string of the molecule is Cc1cc(Nc2ncnc3ccc(/C=N/NC(=N)N4CCN(C)CC4)cc23)ccc1OCc1cccc(F)c1. The number of likely N-dealkylation sites (N-methyl/N-ethyl adjacent to an activating group) is 1. The number of halogens is 1. The first kappa shape index (κ1) is 26.1. The smallest absolute Gasteiger partial charge is 0.212 e. The first-order valence-corrected chi connectivity index (χ1v) is 12.8. The summed E-state index contributed by atoms with van der Waals surface area (Å²) in [7, 11) is 2.08. The van der Waals surface area contributed by atoms with E-state index in [1.54, 1.807) is 12.3 Å². The van der Waals surface area contributed by atoms with E-state index < -0.39 is 0 Å². The van der Waals surface area contributed by atoms with E-state index in [1.165, 1.54) is 18.5 Å². The predicted molar refractivity (Wildman–Crippen MR) is 152 cm³/mol. The fraction of sp³-hybridized carbons (Fsp3) is 0.241. The number of aryl methyl sites for hydroxylation is 1. The van der Waals surface area contributed by atoms with Crippen molar-refractivity contribution in [3.8, 4) is 5.75 Å². The fourth-order valence-electron chi connectivity index (χ4n) is 4.34. The van der Waals surface area contributed by atoms with Crippen molar-refractivity contribution in [1.82, 2.24) is 25.2 Å². The average Bonchev–Trinajstić information content (AvgIpc) is 2.93. The minimum absolute atomic E-state index is 0.278. The Kier molecular flexibility index (Phi) is 7.93. The molecular formula is C29H31FN8O. The van der Waals surface area contributed by atoms with Crippen LogP contribution < -0.4 is 15.5 Å². The highest BCUT2D eigenvalue weighted by atomic mass is 19.1. The van der Waals surface area contributed by atoms with Crippen LogP contribution in [0.3, 0.4) is 0 Å². The molecule has 0 spiro atoms. The van der Waals surface area contributed by atoms with Crippen molar-refractivity contribution in [2.24, 2.45) is 5.10 Å². The van der Waals surface area contributed by atoms with Crippen LogP contribution in [-0.2, 0) is 6.61 Å². The van der Waals surface area contributed by atoms with Crippen molar-refractivity contribution in [3.63, 3.8) is 0 Å². The number of ether oxygens (including phenoxy) is 1. The Morgan fingerprint density at radius 3 is 2.72 bits per heavy atom. The predicted octanol–water partition coefficient (Wildman–Crippen LogP) is 4.51. The number of piperazine rings is 1. The van der Waals surface area contributed by atoms with E-state index in [0.717, 1.165) is 65.2 Å². The average molecular weight is 527 g/mol. The number of guanidine groups is 1. The number of hydrazone groups is 1. The van der Waals surface area contributed by atoms with Crippen LogP contribution in [0, 0.1) is 18.2 Å². The van der Waals surface area contributed by atoms with E-state index in [2.05, 4.69) is 37.8 Å². The molecule has 1 aliphatic heterocycles. The molecule has 3 aromatic carbocycles. The Morgan fingerprint density at radius 2 is 1.92 bits per heavy atom. The molecule has 1 aromatic heterocycles. The molecule has 9 nitrogen and oxygen atoms in total. The summed E-state index contributed by atoms with van der Waals surface area (Å²) in [6.07, 6.45) is 3.22. The molecule has 1 saturated heterocycles. The highest BCUT2D eigenvalue weighted by Gasteiger charge is 2.16. The van der Waals surface area contributed by atoms with E-state index in [1.807, 2.05) is 54.3 Å². The molecule has 10 heteroatoms. The van der Waals surface area contributed by atoms with Gasteiger partial charge >= 0.3 is 0 Å². The molecule has 0 aliphatic carbocycles.